The highest BCUT2D eigenvalue weighted by Crippen LogP contribution is 2.44. The van der Waals surface area contributed by atoms with Crippen LogP contribution in [0.5, 0.6) is 0 Å². The Kier molecular flexibility index (Phi) is 4.79. The molecule has 3 nitrogen and oxygen atoms in total. The number of hydrogen-bond acceptors (Lipinski definition) is 1. The molecule has 0 radical (unpaired) electrons. The summed E-state index contributed by atoms with van der Waals surface area (Å²) in [5.41, 5.74) is 6.93. The Hall–Kier alpha value is -0.560. The minimum Gasteiger partial charge on any atom is -0.370 e. The molecule has 2 aliphatic rings. The molecule has 2 N–H and O–H groups in total. The van der Waals surface area contributed by atoms with Gasteiger partial charge in [0.05, 0.1) is 11.1 Å². The summed E-state index contributed by atoms with van der Waals surface area (Å²) in [6, 6.07) is 5.72. The molecule has 2 fully saturated rings. The number of hydrogen-bond donors (Lipinski definition) is 1. The SMILES string of the molecule is CN(C(N)=N[C@@H]1C[C@H]1c1ccc(Cl)c(F)c1)C1CC1.I. The van der Waals surface area contributed by atoms with Crippen molar-refractivity contribution in [2.24, 2.45) is 10.7 Å². The van der Waals surface area contributed by atoms with Crippen molar-refractivity contribution in [3.8, 4) is 0 Å². The molecule has 0 aliphatic heterocycles. The van der Waals surface area contributed by atoms with Crippen LogP contribution in [-0.4, -0.2) is 30.0 Å². The van der Waals surface area contributed by atoms with E-state index in [1.165, 1.54) is 18.9 Å². The average Bonchev–Trinajstić information content (AvgIpc) is 3.24. The Morgan fingerprint density at radius 1 is 1.45 bits per heavy atom. The molecule has 0 amide bonds. The smallest absolute Gasteiger partial charge is 0.191 e. The van der Waals surface area contributed by atoms with Gasteiger partial charge in [-0.25, -0.2) is 9.38 Å². The van der Waals surface area contributed by atoms with Crippen LogP contribution in [0.1, 0.15) is 30.7 Å². The molecular formula is C14H18ClFIN3. The number of nitrogens with zero attached hydrogens (tertiary/aromatic N) is 2. The molecule has 0 spiro atoms. The van der Waals surface area contributed by atoms with Gasteiger partial charge in [0.2, 0.25) is 0 Å². The van der Waals surface area contributed by atoms with Gasteiger partial charge in [-0.3, -0.25) is 0 Å². The summed E-state index contributed by atoms with van der Waals surface area (Å²) < 4.78 is 13.4. The predicted octanol–water partition coefficient (Wildman–Crippen LogP) is 3.36. The van der Waals surface area contributed by atoms with Crippen molar-refractivity contribution in [2.75, 3.05) is 7.05 Å². The zero-order chi connectivity index (χ0) is 13.6. The zero-order valence-electron chi connectivity index (χ0n) is 11.2. The van der Waals surface area contributed by atoms with E-state index in [1.807, 2.05) is 18.0 Å². The van der Waals surface area contributed by atoms with E-state index in [0.717, 1.165) is 12.0 Å². The number of rotatable bonds is 3. The third-order valence-corrected chi connectivity index (χ3v) is 4.19. The van der Waals surface area contributed by atoms with Crippen LogP contribution in [0.25, 0.3) is 0 Å². The van der Waals surface area contributed by atoms with Crippen molar-refractivity contribution in [1.82, 2.24) is 4.90 Å². The summed E-state index contributed by atoms with van der Waals surface area (Å²) in [4.78, 5) is 6.56. The van der Waals surface area contributed by atoms with E-state index in [4.69, 9.17) is 17.3 Å². The maximum Gasteiger partial charge on any atom is 0.191 e. The van der Waals surface area contributed by atoms with Crippen LogP contribution < -0.4 is 5.73 Å². The molecule has 2 saturated carbocycles. The largest absolute Gasteiger partial charge is 0.370 e. The van der Waals surface area contributed by atoms with E-state index >= 15 is 0 Å². The maximum atomic E-state index is 13.4. The molecular weight excluding hydrogens is 392 g/mol. The molecule has 0 saturated heterocycles. The molecule has 110 valence electrons. The summed E-state index contributed by atoms with van der Waals surface area (Å²) in [5.74, 6) is 0.513. The second kappa shape index (κ2) is 6.05. The average molecular weight is 410 g/mol. The molecule has 1 aromatic carbocycles. The van der Waals surface area contributed by atoms with Crippen LogP contribution >= 0.6 is 35.6 Å². The van der Waals surface area contributed by atoms with Crippen LogP contribution in [0.3, 0.4) is 0 Å². The number of aliphatic imine (C=N–C) groups is 1. The molecule has 0 bridgehead atoms. The first-order chi connectivity index (χ1) is 9.06. The first-order valence-electron chi connectivity index (χ1n) is 6.57. The summed E-state index contributed by atoms with van der Waals surface area (Å²) >= 11 is 5.68. The Balaban J connectivity index is 0.00000147. The van der Waals surface area contributed by atoms with E-state index in [1.54, 1.807) is 6.07 Å². The van der Waals surface area contributed by atoms with Gasteiger partial charge < -0.3 is 10.6 Å². The highest BCUT2D eigenvalue weighted by molar-refractivity contribution is 14.0. The second-order valence-electron chi connectivity index (χ2n) is 5.41. The summed E-state index contributed by atoms with van der Waals surface area (Å²) in [6.45, 7) is 0. The summed E-state index contributed by atoms with van der Waals surface area (Å²) in [5, 5.41) is 0.164. The number of nitrogens with two attached hydrogens (primary N) is 1. The van der Waals surface area contributed by atoms with Gasteiger partial charge in [0.15, 0.2) is 5.96 Å². The fourth-order valence-corrected chi connectivity index (χ4v) is 2.45. The van der Waals surface area contributed by atoms with Crippen molar-refractivity contribution < 1.29 is 4.39 Å². The topological polar surface area (TPSA) is 41.6 Å². The highest BCUT2D eigenvalue weighted by Gasteiger charge is 2.39. The Labute approximate surface area is 140 Å². The van der Waals surface area contributed by atoms with Crippen molar-refractivity contribution in [1.29, 1.82) is 0 Å². The standard InChI is InChI=1S/C14H17ClFN3.HI/c1-19(9-3-4-9)14(17)18-13-7-10(13)8-2-5-11(15)12(16)6-8;/h2,5-6,9-10,13H,3-4,7H2,1H3,(H2,17,18);1H/t10-,13+;/m0./s1. The minimum atomic E-state index is -0.364. The van der Waals surface area contributed by atoms with E-state index < -0.39 is 0 Å². The number of benzene rings is 1. The van der Waals surface area contributed by atoms with Crippen LogP contribution in [0.2, 0.25) is 5.02 Å². The molecule has 20 heavy (non-hydrogen) atoms. The molecule has 2 aliphatic carbocycles. The molecule has 1 aromatic rings. The monoisotopic (exact) mass is 409 g/mol. The van der Waals surface area contributed by atoms with Gasteiger partial charge >= 0.3 is 0 Å². The minimum absolute atomic E-state index is 0. The van der Waals surface area contributed by atoms with Crippen molar-refractivity contribution in [3.63, 3.8) is 0 Å². The van der Waals surface area contributed by atoms with E-state index in [-0.39, 0.29) is 46.8 Å². The second-order valence-corrected chi connectivity index (χ2v) is 5.82. The van der Waals surface area contributed by atoms with Crippen molar-refractivity contribution in [2.45, 2.75) is 37.3 Å². The quantitative estimate of drug-likeness (QED) is 0.472. The van der Waals surface area contributed by atoms with Crippen LogP contribution in [0.4, 0.5) is 4.39 Å². The normalized spacial score (nSPS) is 25.1. The predicted molar refractivity (Wildman–Crippen MR) is 90.4 cm³/mol. The van der Waals surface area contributed by atoms with Gasteiger partial charge in [0.25, 0.3) is 0 Å². The van der Waals surface area contributed by atoms with Gasteiger partial charge in [0.1, 0.15) is 5.82 Å². The molecule has 6 heteroatoms. The van der Waals surface area contributed by atoms with E-state index in [9.17, 15) is 4.39 Å². The fraction of sp³-hybridized carbons (Fsp3) is 0.500. The van der Waals surface area contributed by atoms with E-state index in [2.05, 4.69) is 4.99 Å². The molecule has 0 aromatic heterocycles. The zero-order valence-corrected chi connectivity index (χ0v) is 14.3. The van der Waals surface area contributed by atoms with Crippen molar-refractivity contribution in [3.05, 3.63) is 34.6 Å². The summed E-state index contributed by atoms with van der Waals surface area (Å²) in [6.07, 6.45) is 3.33. The van der Waals surface area contributed by atoms with Gasteiger partial charge in [-0.15, -0.1) is 24.0 Å². The first kappa shape index (κ1) is 15.8. The number of guanidine groups is 1. The highest BCUT2D eigenvalue weighted by atomic mass is 127. The van der Waals surface area contributed by atoms with E-state index in [0.29, 0.717) is 12.0 Å². The van der Waals surface area contributed by atoms with Crippen molar-refractivity contribution >= 4 is 41.5 Å². The third-order valence-electron chi connectivity index (χ3n) is 3.88. The van der Waals surface area contributed by atoms with Gasteiger partial charge in [-0.2, -0.15) is 0 Å². The number of halogens is 3. The fourth-order valence-electron chi connectivity index (χ4n) is 2.34. The lowest BCUT2D eigenvalue weighted by Crippen LogP contribution is -2.36. The van der Waals surface area contributed by atoms with Gasteiger partial charge in [0, 0.05) is 19.0 Å². The molecule has 0 heterocycles. The molecule has 0 unspecified atom stereocenters. The van der Waals surface area contributed by atoms with Gasteiger partial charge in [-0.1, -0.05) is 17.7 Å². The lowest BCUT2D eigenvalue weighted by Gasteiger charge is -2.16. The van der Waals surface area contributed by atoms with Gasteiger partial charge in [-0.05, 0) is 37.0 Å². The lowest BCUT2D eigenvalue weighted by atomic mass is 10.1. The van der Waals surface area contributed by atoms with Crippen LogP contribution in [0, 0.1) is 5.82 Å². The molecule has 2 atom stereocenters. The Morgan fingerprint density at radius 3 is 2.75 bits per heavy atom. The Morgan fingerprint density at radius 2 is 2.15 bits per heavy atom. The Bertz CT molecular complexity index is 533. The first-order valence-corrected chi connectivity index (χ1v) is 6.95. The lowest BCUT2D eigenvalue weighted by molar-refractivity contribution is 0.487. The van der Waals surface area contributed by atoms with Crippen LogP contribution in [0.15, 0.2) is 23.2 Å². The third kappa shape index (κ3) is 3.36. The van der Waals surface area contributed by atoms with Crippen LogP contribution in [-0.2, 0) is 0 Å². The summed E-state index contributed by atoms with van der Waals surface area (Å²) in [7, 11) is 1.98. The molecule has 3 rings (SSSR count). The maximum absolute atomic E-state index is 13.4.